The van der Waals surface area contributed by atoms with Crippen LogP contribution in [0.3, 0.4) is 0 Å². The second-order valence-electron chi connectivity index (χ2n) is 18.3. The Hall–Kier alpha value is -7.50. The summed E-state index contributed by atoms with van der Waals surface area (Å²) in [4.78, 5) is 0. The molecule has 0 amide bonds. The molecule has 1 unspecified atom stereocenters. The standard InChI is InChI=1S/C66H56.C2H6/c1-7-8-9-12-28-52-40-54(46(5)45(4)47(6)59(43-58(44(2)3)49-26-15-11-16-27-49)51-30-23-29-50(39-51)48-24-13-10-14-25-48)42-60(52)53-37-38-65-61(41-53)57-33-19-22-36-64(57)66(65)62-34-20-17-31-55(62)56-32-18-21-35-63(56)66;1-2/h7-36,39-41,43,47H,1,37-38H2,2-6H3;1-2H3/b9-8-,28-12?,46-45+,59-43+;. The molecular formula is C68H62. The highest BCUT2D eigenvalue weighted by atomic mass is 14.5. The van der Waals surface area contributed by atoms with Gasteiger partial charge in [0.05, 0.1) is 5.41 Å². The fourth-order valence-electron chi connectivity index (χ4n) is 11.0. The number of allylic oxidation sites excluding steroid dienone is 18. The van der Waals surface area contributed by atoms with Crippen molar-refractivity contribution in [1.29, 1.82) is 0 Å². The number of rotatable bonds is 11. The number of benzene rings is 6. The summed E-state index contributed by atoms with van der Waals surface area (Å²) in [6, 6.07) is 58.0. The first-order chi connectivity index (χ1) is 33.3. The first kappa shape index (κ1) is 45.6. The van der Waals surface area contributed by atoms with Gasteiger partial charge in [0.25, 0.3) is 0 Å². The van der Waals surface area contributed by atoms with Gasteiger partial charge < -0.3 is 0 Å². The van der Waals surface area contributed by atoms with Gasteiger partial charge in [-0.15, -0.1) is 5.73 Å². The molecule has 334 valence electrons. The molecule has 0 aliphatic heterocycles. The maximum Gasteiger partial charge on any atom is 0.0688 e. The fraction of sp³-hybridized carbons (Fsp3) is 0.162. The van der Waals surface area contributed by atoms with Gasteiger partial charge in [-0.05, 0) is 153 Å². The minimum atomic E-state index is -0.287. The van der Waals surface area contributed by atoms with Gasteiger partial charge in [-0.3, -0.25) is 0 Å². The lowest BCUT2D eigenvalue weighted by atomic mass is 9.67. The Balaban J connectivity index is 0.00000285. The zero-order chi connectivity index (χ0) is 47.4. The molecule has 68 heavy (non-hydrogen) atoms. The van der Waals surface area contributed by atoms with E-state index in [4.69, 9.17) is 0 Å². The minimum absolute atomic E-state index is 0.111. The molecule has 0 fully saturated rings. The van der Waals surface area contributed by atoms with E-state index >= 15 is 0 Å². The van der Waals surface area contributed by atoms with Gasteiger partial charge in [0.2, 0.25) is 0 Å². The zero-order valence-corrected chi connectivity index (χ0v) is 40.8. The van der Waals surface area contributed by atoms with E-state index in [-0.39, 0.29) is 11.3 Å². The van der Waals surface area contributed by atoms with Gasteiger partial charge in [0, 0.05) is 17.1 Å². The van der Waals surface area contributed by atoms with E-state index in [0.717, 1.165) is 18.4 Å². The van der Waals surface area contributed by atoms with Crippen LogP contribution in [0.5, 0.6) is 0 Å². The van der Waals surface area contributed by atoms with Crippen molar-refractivity contribution in [1.82, 2.24) is 0 Å². The lowest BCUT2D eigenvalue weighted by Crippen LogP contribution is -2.28. The van der Waals surface area contributed by atoms with Crippen molar-refractivity contribution >= 4 is 16.7 Å². The monoisotopic (exact) mass is 878 g/mol. The van der Waals surface area contributed by atoms with Gasteiger partial charge in [-0.1, -0.05) is 227 Å². The molecule has 0 radical (unpaired) electrons. The van der Waals surface area contributed by atoms with E-state index < -0.39 is 0 Å². The molecule has 0 bridgehead atoms. The molecule has 0 aromatic heterocycles. The molecule has 10 rings (SSSR count). The molecule has 4 aliphatic rings. The first-order valence-corrected chi connectivity index (χ1v) is 24.5. The van der Waals surface area contributed by atoms with Crippen molar-refractivity contribution in [2.75, 3.05) is 0 Å². The highest BCUT2D eigenvalue weighted by Gasteiger charge is 2.52. The molecule has 1 atom stereocenters. The average molecular weight is 879 g/mol. The summed E-state index contributed by atoms with van der Waals surface area (Å²) in [7, 11) is 0. The average Bonchev–Trinajstić information content (AvgIpc) is 4.05. The second-order valence-corrected chi connectivity index (χ2v) is 18.3. The predicted molar refractivity (Wildman–Crippen MR) is 293 cm³/mol. The van der Waals surface area contributed by atoms with E-state index in [2.05, 4.69) is 241 Å². The van der Waals surface area contributed by atoms with Crippen molar-refractivity contribution in [2.24, 2.45) is 5.92 Å². The van der Waals surface area contributed by atoms with Crippen molar-refractivity contribution in [2.45, 2.75) is 66.7 Å². The van der Waals surface area contributed by atoms with Gasteiger partial charge in [0.15, 0.2) is 0 Å². The van der Waals surface area contributed by atoms with E-state index in [0.29, 0.717) is 0 Å². The number of hydrogen-bond acceptors (Lipinski definition) is 0. The van der Waals surface area contributed by atoms with Crippen molar-refractivity contribution < 1.29 is 0 Å². The van der Waals surface area contributed by atoms with E-state index in [1.165, 1.54) is 111 Å². The van der Waals surface area contributed by atoms with Gasteiger partial charge in [-0.2, -0.15) is 0 Å². The highest BCUT2D eigenvalue weighted by molar-refractivity contribution is 5.98. The van der Waals surface area contributed by atoms with Crippen LogP contribution in [0, 0.1) is 5.92 Å². The molecule has 6 aromatic carbocycles. The molecule has 0 nitrogen and oxygen atoms in total. The summed E-state index contributed by atoms with van der Waals surface area (Å²) in [5, 5.41) is 0. The molecular weight excluding hydrogens is 817 g/mol. The zero-order valence-electron chi connectivity index (χ0n) is 40.8. The van der Waals surface area contributed by atoms with Gasteiger partial charge >= 0.3 is 0 Å². The summed E-state index contributed by atoms with van der Waals surface area (Å²) in [5.74, 6) is 0.111. The minimum Gasteiger partial charge on any atom is -0.104 e. The first-order valence-electron chi connectivity index (χ1n) is 24.5. The van der Waals surface area contributed by atoms with Crippen LogP contribution in [0.4, 0.5) is 0 Å². The van der Waals surface area contributed by atoms with E-state index in [1.54, 1.807) is 0 Å². The van der Waals surface area contributed by atoms with Crippen LogP contribution >= 0.6 is 0 Å². The summed E-state index contributed by atoms with van der Waals surface area (Å²) in [6.45, 7) is 19.4. The summed E-state index contributed by atoms with van der Waals surface area (Å²) >= 11 is 0. The molecule has 0 N–H and O–H groups in total. The Morgan fingerprint density at radius 2 is 1.18 bits per heavy atom. The van der Waals surface area contributed by atoms with Gasteiger partial charge in [0.1, 0.15) is 0 Å². The number of hydrogen-bond donors (Lipinski definition) is 0. The maximum atomic E-state index is 4.05. The van der Waals surface area contributed by atoms with Crippen LogP contribution in [-0.2, 0) is 5.41 Å². The van der Waals surface area contributed by atoms with E-state index in [1.807, 2.05) is 26.0 Å². The topological polar surface area (TPSA) is 0 Å². The quantitative estimate of drug-likeness (QED) is 0.0898. The molecule has 4 aliphatic carbocycles. The van der Waals surface area contributed by atoms with Crippen LogP contribution in [0.2, 0.25) is 0 Å². The lowest BCUT2D eigenvalue weighted by Gasteiger charge is -2.34. The molecule has 0 saturated carbocycles. The molecule has 0 heteroatoms. The molecule has 0 saturated heterocycles. The highest BCUT2D eigenvalue weighted by Crippen LogP contribution is 2.64. The largest absolute Gasteiger partial charge is 0.104 e. The van der Waals surface area contributed by atoms with Crippen LogP contribution in [0.25, 0.3) is 39.0 Å². The normalized spacial score (nSPS) is 16.1. The summed E-state index contributed by atoms with van der Waals surface area (Å²) in [6.07, 6.45) is 19.5. The van der Waals surface area contributed by atoms with Crippen molar-refractivity contribution in [3.63, 3.8) is 0 Å². The molecule has 6 aromatic rings. The van der Waals surface area contributed by atoms with Crippen LogP contribution in [-0.4, -0.2) is 0 Å². The summed E-state index contributed by atoms with van der Waals surface area (Å²) < 4.78 is 0. The second kappa shape index (κ2) is 19.8. The fourth-order valence-corrected chi connectivity index (χ4v) is 11.0. The van der Waals surface area contributed by atoms with Crippen LogP contribution < -0.4 is 0 Å². The van der Waals surface area contributed by atoms with Crippen LogP contribution in [0.15, 0.2) is 263 Å². The third-order valence-electron chi connectivity index (χ3n) is 14.5. The SMILES string of the molecule is C=C/C=C\C=CC1=CC(/C(C)=C(\C)C(C)/C(=C\C(=C(C)C)c2ccccc2)c2cccc(-c3ccccc3)c2)=C=C1C1=CC2=C(CC1)C1(c3ccccc32)c2ccccc2-c2ccccc21.CC. The Bertz CT molecular complexity index is 3210. The Kier molecular flexibility index (Phi) is 13.3. The number of fused-ring (bicyclic) bond motifs is 9. The Morgan fingerprint density at radius 3 is 1.82 bits per heavy atom. The third-order valence-corrected chi connectivity index (χ3v) is 14.5. The Morgan fingerprint density at radius 1 is 0.603 bits per heavy atom. The van der Waals surface area contributed by atoms with Gasteiger partial charge in [-0.25, -0.2) is 0 Å². The summed E-state index contributed by atoms with van der Waals surface area (Å²) in [5.41, 5.74) is 31.1. The smallest absolute Gasteiger partial charge is 0.0688 e. The maximum absolute atomic E-state index is 4.05. The molecule has 1 spiro atoms. The molecule has 0 heterocycles. The lowest BCUT2D eigenvalue weighted by molar-refractivity contribution is 0.708. The van der Waals surface area contributed by atoms with Crippen molar-refractivity contribution in [3.8, 4) is 22.3 Å². The third kappa shape index (κ3) is 8.10. The van der Waals surface area contributed by atoms with Crippen LogP contribution in [0.1, 0.15) is 94.7 Å². The Labute approximate surface area is 406 Å². The van der Waals surface area contributed by atoms with Crippen molar-refractivity contribution in [3.05, 3.63) is 297 Å². The predicted octanol–water partition coefficient (Wildman–Crippen LogP) is 18.4. The van der Waals surface area contributed by atoms with E-state index in [9.17, 15) is 0 Å².